The number of benzene rings is 2. The van der Waals surface area contributed by atoms with E-state index in [0.29, 0.717) is 13.0 Å². The number of fused-ring (bicyclic) bond motifs is 4. The number of hydrogen-bond donors (Lipinski definition) is 2. The Labute approximate surface area is 158 Å². The van der Waals surface area contributed by atoms with Crippen molar-refractivity contribution < 1.29 is 4.79 Å². The monoisotopic (exact) mass is 357 g/mol. The minimum Gasteiger partial charge on any atom is -0.356 e. The second-order valence-corrected chi connectivity index (χ2v) is 7.39. The molecule has 0 unspecified atom stereocenters. The molecule has 4 heteroatoms. The first-order chi connectivity index (χ1) is 13.3. The van der Waals surface area contributed by atoms with Crippen molar-refractivity contribution in [2.75, 3.05) is 0 Å². The van der Waals surface area contributed by atoms with Gasteiger partial charge in [-0.15, -0.1) is 0 Å². The smallest absolute Gasteiger partial charge is 0.222 e. The first kappa shape index (κ1) is 16.2. The van der Waals surface area contributed by atoms with Crippen molar-refractivity contribution in [2.24, 2.45) is 0 Å². The molecule has 0 saturated heterocycles. The molecule has 2 aromatic carbocycles. The van der Waals surface area contributed by atoms with E-state index in [1.54, 1.807) is 0 Å². The van der Waals surface area contributed by atoms with E-state index in [2.05, 4.69) is 63.5 Å². The fourth-order valence-electron chi connectivity index (χ4n) is 4.38. The standard InChI is InChI=1S/C23H23N3O/c27-22(13-15-26-14-12-16-6-1-4-11-21(16)26)24-20-10-5-8-18-17-7-2-3-9-19(17)25-23(18)20/h1-4,6-7,9,11-12,14,20,25H,5,8,10,13,15H2,(H,24,27)/t20-/m0/s1. The van der Waals surface area contributed by atoms with Crippen LogP contribution in [0.2, 0.25) is 0 Å². The Morgan fingerprint density at radius 2 is 1.96 bits per heavy atom. The van der Waals surface area contributed by atoms with Crippen molar-refractivity contribution in [3.8, 4) is 0 Å². The average molecular weight is 357 g/mol. The Kier molecular flexibility index (Phi) is 3.97. The first-order valence-corrected chi connectivity index (χ1v) is 9.72. The molecule has 0 spiro atoms. The largest absolute Gasteiger partial charge is 0.356 e. The second kappa shape index (κ2) is 6.62. The van der Waals surface area contributed by atoms with Crippen LogP contribution in [0.15, 0.2) is 60.8 Å². The summed E-state index contributed by atoms with van der Waals surface area (Å²) in [6.07, 6.45) is 5.75. The molecule has 0 radical (unpaired) electrons. The number of rotatable bonds is 4. The highest BCUT2D eigenvalue weighted by molar-refractivity contribution is 5.85. The van der Waals surface area contributed by atoms with Gasteiger partial charge in [-0.2, -0.15) is 0 Å². The second-order valence-electron chi connectivity index (χ2n) is 7.39. The zero-order valence-electron chi connectivity index (χ0n) is 15.2. The summed E-state index contributed by atoms with van der Waals surface area (Å²) in [5, 5.41) is 5.78. The maximum absolute atomic E-state index is 12.6. The molecule has 0 aliphatic heterocycles. The molecular weight excluding hydrogens is 334 g/mol. The van der Waals surface area contributed by atoms with E-state index < -0.39 is 0 Å². The number of amides is 1. The number of para-hydroxylation sites is 2. The molecule has 2 N–H and O–H groups in total. The number of hydrogen-bond acceptors (Lipinski definition) is 1. The van der Waals surface area contributed by atoms with Gasteiger partial charge < -0.3 is 14.9 Å². The Hall–Kier alpha value is -3.01. The molecule has 2 aromatic heterocycles. The third kappa shape index (κ3) is 2.91. The van der Waals surface area contributed by atoms with Gasteiger partial charge in [0.1, 0.15) is 0 Å². The third-order valence-electron chi connectivity index (χ3n) is 5.71. The molecule has 27 heavy (non-hydrogen) atoms. The number of nitrogens with one attached hydrogen (secondary N) is 2. The van der Waals surface area contributed by atoms with Crippen molar-refractivity contribution in [1.29, 1.82) is 0 Å². The molecular formula is C23H23N3O. The lowest BCUT2D eigenvalue weighted by molar-refractivity contribution is -0.122. The maximum atomic E-state index is 12.6. The zero-order chi connectivity index (χ0) is 18.2. The van der Waals surface area contributed by atoms with Crippen molar-refractivity contribution in [1.82, 2.24) is 14.9 Å². The summed E-state index contributed by atoms with van der Waals surface area (Å²) in [7, 11) is 0. The summed E-state index contributed by atoms with van der Waals surface area (Å²) >= 11 is 0. The predicted octanol–water partition coefficient (Wildman–Crippen LogP) is 4.71. The number of nitrogens with zero attached hydrogens (tertiary/aromatic N) is 1. The fourth-order valence-corrected chi connectivity index (χ4v) is 4.38. The summed E-state index contributed by atoms with van der Waals surface area (Å²) in [6, 6.07) is 18.9. The Bertz CT molecular complexity index is 1120. The number of aromatic nitrogens is 2. The van der Waals surface area contributed by atoms with Crippen molar-refractivity contribution >= 4 is 27.7 Å². The Balaban J connectivity index is 1.30. The Morgan fingerprint density at radius 3 is 2.93 bits per heavy atom. The summed E-state index contributed by atoms with van der Waals surface area (Å²) in [4.78, 5) is 16.2. The van der Waals surface area contributed by atoms with Gasteiger partial charge in [0.05, 0.1) is 6.04 Å². The highest BCUT2D eigenvalue weighted by Crippen LogP contribution is 2.34. The van der Waals surface area contributed by atoms with Gasteiger partial charge in [-0.3, -0.25) is 4.79 Å². The molecule has 0 saturated carbocycles. The van der Waals surface area contributed by atoms with Gasteiger partial charge in [-0.1, -0.05) is 36.4 Å². The van der Waals surface area contributed by atoms with E-state index in [1.165, 1.54) is 33.1 Å². The van der Waals surface area contributed by atoms with Crippen LogP contribution in [0.25, 0.3) is 21.8 Å². The molecule has 2 heterocycles. The normalized spacial score (nSPS) is 16.5. The molecule has 5 rings (SSSR count). The average Bonchev–Trinajstić information content (AvgIpc) is 3.28. The van der Waals surface area contributed by atoms with Crippen LogP contribution in [0, 0.1) is 0 Å². The number of carbonyl (C=O) groups is 1. The summed E-state index contributed by atoms with van der Waals surface area (Å²) in [6.45, 7) is 0.700. The van der Waals surface area contributed by atoms with Crippen LogP contribution in [0.1, 0.15) is 36.6 Å². The minimum atomic E-state index is 0.0926. The van der Waals surface area contributed by atoms with E-state index in [0.717, 1.165) is 19.3 Å². The molecule has 0 bridgehead atoms. The van der Waals surface area contributed by atoms with Crippen LogP contribution >= 0.6 is 0 Å². The van der Waals surface area contributed by atoms with Crippen LogP contribution in [-0.4, -0.2) is 15.5 Å². The quantitative estimate of drug-likeness (QED) is 0.546. The molecule has 1 aliphatic carbocycles. The number of aryl methyl sites for hydroxylation is 2. The topological polar surface area (TPSA) is 49.8 Å². The molecule has 4 aromatic rings. The van der Waals surface area contributed by atoms with Crippen LogP contribution < -0.4 is 5.32 Å². The summed E-state index contributed by atoms with van der Waals surface area (Å²) in [5.74, 6) is 0.115. The zero-order valence-corrected chi connectivity index (χ0v) is 15.2. The lowest BCUT2D eigenvalue weighted by atomic mass is 9.91. The van der Waals surface area contributed by atoms with E-state index >= 15 is 0 Å². The molecule has 0 fully saturated rings. The fraction of sp³-hybridized carbons (Fsp3) is 0.261. The van der Waals surface area contributed by atoms with Crippen LogP contribution in [-0.2, 0) is 17.8 Å². The van der Waals surface area contributed by atoms with Crippen molar-refractivity contribution in [3.63, 3.8) is 0 Å². The van der Waals surface area contributed by atoms with E-state index in [9.17, 15) is 4.79 Å². The van der Waals surface area contributed by atoms with Gasteiger partial charge in [0, 0.05) is 41.3 Å². The Morgan fingerprint density at radius 1 is 1.11 bits per heavy atom. The predicted molar refractivity (Wildman–Crippen MR) is 109 cm³/mol. The third-order valence-corrected chi connectivity index (χ3v) is 5.71. The van der Waals surface area contributed by atoms with Crippen LogP contribution in [0.3, 0.4) is 0 Å². The van der Waals surface area contributed by atoms with Crippen molar-refractivity contribution in [3.05, 3.63) is 72.1 Å². The molecule has 136 valence electrons. The van der Waals surface area contributed by atoms with Crippen LogP contribution in [0.4, 0.5) is 0 Å². The maximum Gasteiger partial charge on any atom is 0.222 e. The van der Waals surface area contributed by atoms with Gasteiger partial charge in [0.2, 0.25) is 5.91 Å². The molecule has 1 atom stereocenters. The number of carbonyl (C=O) groups excluding carboxylic acids is 1. The van der Waals surface area contributed by atoms with E-state index in [1.807, 2.05) is 12.1 Å². The lowest BCUT2D eigenvalue weighted by Gasteiger charge is -2.24. The first-order valence-electron chi connectivity index (χ1n) is 9.72. The van der Waals surface area contributed by atoms with Crippen molar-refractivity contribution in [2.45, 2.75) is 38.3 Å². The van der Waals surface area contributed by atoms with Crippen LogP contribution in [0.5, 0.6) is 0 Å². The molecule has 1 aliphatic rings. The summed E-state index contributed by atoms with van der Waals surface area (Å²) < 4.78 is 2.16. The number of H-pyrrole nitrogens is 1. The number of aromatic amines is 1. The molecule has 4 nitrogen and oxygen atoms in total. The summed E-state index contributed by atoms with van der Waals surface area (Å²) in [5.41, 5.74) is 4.92. The van der Waals surface area contributed by atoms with Gasteiger partial charge in [0.25, 0.3) is 0 Å². The highest BCUT2D eigenvalue weighted by atomic mass is 16.1. The SMILES string of the molecule is O=C(CCn1ccc2ccccc21)N[C@H]1CCCc2c1[nH]c1ccccc21. The van der Waals surface area contributed by atoms with Gasteiger partial charge in [-0.25, -0.2) is 0 Å². The minimum absolute atomic E-state index is 0.0926. The molecule has 1 amide bonds. The van der Waals surface area contributed by atoms with E-state index in [4.69, 9.17) is 0 Å². The highest BCUT2D eigenvalue weighted by Gasteiger charge is 2.25. The van der Waals surface area contributed by atoms with Gasteiger partial charge >= 0.3 is 0 Å². The van der Waals surface area contributed by atoms with E-state index in [-0.39, 0.29) is 11.9 Å². The van der Waals surface area contributed by atoms with Gasteiger partial charge in [-0.05, 0) is 48.4 Å². The lowest BCUT2D eigenvalue weighted by Crippen LogP contribution is -2.31. The van der Waals surface area contributed by atoms with Gasteiger partial charge in [0.15, 0.2) is 0 Å².